The Hall–Kier alpha value is 0.200. The van der Waals surface area contributed by atoms with Crippen LogP contribution in [0.3, 0.4) is 0 Å². The molecule has 2 nitrogen and oxygen atoms in total. The Balaban J connectivity index is 4.22. The Bertz CT molecular complexity index is 132. The third kappa shape index (κ3) is 3.40. The molecule has 11 heavy (non-hydrogen) atoms. The van der Waals surface area contributed by atoms with Crippen LogP contribution in [0.5, 0.6) is 0 Å². The number of halogens is 1. The van der Waals surface area contributed by atoms with E-state index in [0.717, 1.165) is 11.0 Å². The second-order valence-corrected chi connectivity index (χ2v) is 3.42. The van der Waals surface area contributed by atoms with Gasteiger partial charge in [-0.1, -0.05) is 22.6 Å². The average molecular weight is 268 g/mol. The lowest BCUT2D eigenvalue weighted by atomic mass is 10.3. The van der Waals surface area contributed by atoms with Gasteiger partial charge < -0.3 is 4.90 Å². The molecule has 0 aliphatic carbocycles. The van der Waals surface area contributed by atoms with Crippen LogP contribution in [-0.4, -0.2) is 34.8 Å². The molecule has 0 aromatic heterocycles. The first-order valence-electron chi connectivity index (χ1n) is 3.95. The Morgan fingerprint density at radius 3 is 2.18 bits per heavy atom. The van der Waals surface area contributed by atoms with Crippen molar-refractivity contribution in [3.63, 3.8) is 0 Å². The van der Waals surface area contributed by atoms with E-state index >= 15 is 0 Å². The van der Waals surface area contributed by atoms with Crippen LogP contribution in [0.4, 0.5) is 0 Å². The number of alkyl halides is 1. The lowest BCUT2D eigenvalue weighted by Gasteiger charge is -2.27. The molecule has 0 bridgehead atoms. The minimum atomic E-state index is 0.563. The van der Waals surface area contributed by atoms with E-state index in [9.17, 15) is 0 Å². The predicted octanol–water partition coefficient (Wildman–Crippen LogP) is 2.18. The largest absolute Gasteiger partial charge is 0.358 e. The van der Waals surface area contributed by atoms with Gasteiger partial charge in [0.1, 0.15) is 5.84 Å². The number of hydrogen-bond acceptors (Lipinski definition) is 1. The zero-order valence-corrected chi connectivity index (χ0v) is 9.92. The Labute approximate surface area is 83.2 Å². The molecule has 0 rings (SSSR count). The monoisotopic (exact) mass is 268 g/mol. The van der Waals surface area contributed by atoms with Crippen LogP contribution >= 0.6 is 22.6 Å². The second-order valence-electron chi connectivity index (χ2n) is 2.65. The molecule has 0 aromatic carbocycles. The lowest BCUT2D eigenvalue weighted by molar-refractivity contribution is 0.365. The normalized spacial score (nSPS) is 12.4. The van der Waals surface area contributed by atoms with Gasteiger partial charge in [0.15, 0.2) is 0 Å². The van der Waals surface area contributed by atoms with Crippen LogP contribution < -0.4 is 0 Å². The van der Waals surface area contributed by atoms with Crippen molar-refractivity contribution in [2.45, 2.75) is 26.8 Å². The molecule has 0 saturated carbocycles. The van der Waals surface area contributed by atoms with E-state index in [-0.39, 0.29) is 0 Å². The molecule has 0 saturated heterocycles. The van der Waals surface area contributed by atoms with Gasteiger partial charge in [0, 0.05) is 19.6 Å². The van der Waals surface area contributed by atoms with E-state index in [0.29, 0.717) is 6.04 Å². The molecule has 0 heterocycles. The summed E-state index contributed by atoms with van der Waals surface area (Å²) in [6.45, 7) is 7.60. The van der Waals surface area contributed by atoms with Crippen LogP contribution in [-0.2, 0) is 0 Å². The van der Waals surface area contributed by atoms with Crippen molar-refractivity contribution < 1.29 is 0 Å². The fourth-order valence-electron chi connectivity index (χ4n) is 1.11. The molecule has 0 unspecified atom stereocenters. The number of aliphatic imine (C=N–C) groups is 1. The summed E-state index contributed by atoms with van der Waals surface area (Å²) >= 11 is 2.35. The molecule has 0 atom stereocenters. The summed E-state index contributed by atoms with van der Waals surface area (Å²) in [4.78, 5) is 6.55. The van der Waals surface area contributed by atoms with E-state index in [1.54, 1.807) is 0 Å². The van der Waals surface area contributed by atoms with E-state index < -0.39 is 0 Å². The zero-order valence-electron chi connectivity index (χ0n) is 7.76. The van der Waals surface area contributed by atoms with E-state index in [1.165, 1.54) is 5.84 Å². The highest BCUT2D eigenvalue weighted by molar-refractivity contribution is 14.1. The molecule has 0 amide bonds. The van der Waals surface area contributed by atoms with Crippen LogP contribution in [0, 0.1) is 0 Å². The van der Waals surface area contributed by atoms with Crippen molar-refractivity contribution in [1.29, 1.82) is 0 Å². The first-order chi connectivity index (χ1) is 5.17. The van der Waals surface area contributed by atoms with Gasteiger partial charge >= 0.3 is 0 Å². The molecule has 0 fully saturated rings. The van der Waals surface area contributed by atoms with Gasteiger partial charge in [0.25, 0.3) is 0 Å². The number of amidine groups is 1. The van der Waals surface area contributed by atoms with Crippen molar-refractivity contribution in [3.8, 4) is 0 Å². The molecule has 0 aromatic rings. The summed E-state index contributed by atoms with van der Waals surface area (Å²) in [5.41, 5.74) is 0. The third-order valence-corrected chi connectivity index (χ3v) is 2.36. The lowest BCUT2D eigenvalue weighted by Crippen LogP contribution is -2.37. The van der Waals surface area contributed by atoms with Crippen molar-refractivity contribution in [3.05, 3.63) is 0 Å². The molecule has 0 aliphatic heterocycles. The number of rotatable bonds is 3. The van der Waals surface area contributed by atoms with Gasteiger partial charge in [-0.05, 0) is 20.8 Å². The van der Waals surface area contributed by atoms with Crippen LogP contribution in [0.1, 0.15) is 20.8 Å². The van der Waals surface area contributed by atoms with Gasteiger partial charge in [-0.3, -0.25) is 4.99 Å². The van der Waals surface area contributed by atoms with Crippen LogP contribution in [0.25, 0.3) is 0 Å². The van der Waals surface area contributed by atoms with Crippen molar-refractivity contribution in [2.24, 2.45) is 4.99 Å². The smallest absolute Gasteiger partial charge is 0.109 e. The van der Waals surface area contributed by atoms with Gasteiger partial charge in [-0.2, -0.15) is 0 Å². The molecule has 0 aliphatic rings. The van der Waals surface area contributed by atoms with Gasteiger partial charge in [-0.15, -0.1) is 0 Å². The van der Waals surface area contributed by atoms with Crippen LogP contribution in [0.15, 0.2) is 4.99 Å². The predicted molar refractivity (Wildman–Crippen MR) is 59.8 cm³/mol. The standard InChI is InChI=1S/C8H17IN2/c1-5-11(7(2)3)8(6-9)10-4/h7H,5-6H2,1-4H3. The minimum absolute atomic E-state index is 0.563. The quantitative estimate of drug-likeness (QED) is 0.331. The summed E-state index contributed by atoms with van der Waals surface area (Å²) in [6.07, 6.45) is 0. The summed E-state index contributed by atoms with van der Waals surface area (Å²) < 4.78 is 1.00. The van der Waals surface area contributed by atoms with Crippen molar-refractivity contribution in [1.82, 2.24) is 4.90 Å². The average Bonchev–Trinajstić information content (AvgIpc) is 1.99. The topological polar surface area (TPSA) is 15.6 Å². The molecule has 0 spiro atoms. The molecule has 0 N–H and O–H groups in total. The van der Waals surface area contributed by atoms with E-state index in [1.807, 2.05) is 7.05 Å². The summed E-state index contributed by atoms with van der Waals surface area (Å²) in [6, 6.07) is 0.563. The highest BCUT2D eigenvalue weighted by atomic mass is 127. The molecule has 0 radical (unpaired) electrons. The van der Waals surface area contributed by atoms with Crippen LogP contribution in [0.2, 0.25) is 0 Å². The van der Waals surface area contributed by atoms with Crippen molar-refractivity contribution >= 4 is 28.4 Å². The Kier molecular flexibility index (Phi) is 5.91. The first kappa shape index (κ1) is 11.2. The summed E-state index contributed by atoms with van der Waals surface area (Å²) in [5, 5.41) is 0. The molecule has 66 valence electrons. The fourth-order valence-corrected chi connectivity index (χ4v) is 1.89. The Morgan fingerprint density at radius 2 is 2.09 bits per heavy atom. The molecular weight excluding hydrogens is 251 g/mol. The fraction of sp³-hybridized carbons (Fsp3) is 0.875. The molecule has 3 heteroatoms. The second kappa shape index (κ2) is 5.80. The maximum atomic E-state index is 4.23. The minimum Gasteiger partial charge on any atom is -0.358 e. The SMILES string of the molecule is CCN(C(CI)=NC)C(C)C. The Morgan fingerprint density at radius 1 is 1.55 bits per heavy atom. The van der Waals surface area contributed by atoms with Gasteiger partial charge in [0.2, 0.25) is 0 Å². The maximum absolute atomic E-state index is 4.23. The maximum Gasteiger partial charge on any atom is 0.109 e. The molecular formula is C8H17IN2. The highest BCUT2D eigenvalue weighted by Gasteiger charge is 2.09. The number of nitrogens with zero attached hydrogens (tertiary/aromatic N) is 2. The zero-order chi connectivity index (χ0) is 8.85. The van der Waals surface area contributed by atoms with E-state index in [2.05, 4.69) is 53.3 Å². The summed E-state index contributed by atoms with van der Waals surface area (Å²) in [5.74, 6) is 1.20. The van der Waals surface area contributed by atoms with E-state index in [4.69, 9.17) is 0 Å². The highest BCUT2D eigenvalue weighted by Crippen LogP contribution is 2.02. The first-order valence-corrected chi connectivity index (χ1v) is 5.48. The number of hydrogen-bond donors (Lipinski definition) is 0. The van der Waals surface area contributed by atoms with Gasteiger partial charge in [-0.25, -0.2) is 0 Å². The van der Waals surface area contributed by atoms with Crippen molar-refractivity contribution in [2.75, 3.05) is 18.0 Å². The third-order valence-electron chi connectivity index (χ3n) is 1.67. The van der Waals surface area contributed by atoms with Gasteiger partial charge in [0.05, 0.1) is 4.43 Å². The summed E-state index contributed by atoms with van der Waals surface area (Å²) in [7, 11) is 1.86.